The van der Waals surface area contributed by atoms with E-state index in [1.165, 1.54) is 13.1 Å². The molecule has 7 nitrogen and oxygen atoms in total. The van der Waals surface area contributed by atoms with Gasteiger partial charge in [0.15, 0.2) is 0 Å². The van der Waals surface area contributed by atoms with Gasteiger partial charge in [-0.2, -0.15) is 0 Å². The van der Waals surface area contributed by atoms with Crippen LogP contribution < -0.4 is 15.4 Å². The summed E-state index contributed by atoms with van der Waals surface area (Å²) in [5.74, 6) is -0.853. The number of carbonyl (C=O) groups is 2. The first-order chi connectivity index (χ1) is 12.2. The number of anilines is 1. The number of carbonyl (C=O) groups excluding carboxylic acids is 2. The van der Waals surface area contributed by atoms with Crippen LogP contribution in [0.3, 0.4) is 0 Å². The van der Waals surface area contributed by atoms with Gasteiger partial charge in [-0.3, -0.25) is 9.59 Å². The van der Waals surface area contributed by atoms with E-state index in [4.69, 9.17) is 0 Å². The van der Waals surface area contributed by atoms with Crippen LogP contribution >= 0.6 is 15.9 Å². The van der Waals surface area contributed by atoms with E-state index in [2.05, 4.69) is 31.3 Å². The lowest BCUT2D eigenvalue weighted by molar-refractivity contribution is -0.115. The predicted molar refractivity (Wildman–Crippen MR) is 103 cm³/mol. The molecule has 0 saturated carbocycles. The van der Waals surface area contributed by atoms with Crippen LogP contribution in [-0.2, 0) is 14.8 Å². The Hall–Kier alpha value is -2.23. The lowest BCUT2D eigenvalue weighted by atomic mass is 10.2. The first-order valence-electron chi connectivity index (χ1n) is 7.61. The van der Waals surface area contributed by atoms with Gasteiger partial charge in [-0.05, 0) is 49.9 Å². The van der Waals surface area contributed by atoms with Crippen molar-refractivity contribution >= 4 is 43.5 Å². The van der Waals surface area contributed by atoms with Crippen LogP contribution in [0.15, 0.2) is 51.8 Å². The van der Waals surface area contributed by atoms with E-state index in [0.717, 1.165) is 4.47 Å². The Balaban J connectivity index is 2.02. The zero-order valence-electron chi connectivity index (χ0n) is 14.2. The van der Waals surface area contributed by atoms with Gasteiger partial charge >= 0.3 is 0 Å². The fourth-order valence-corrected chi connectivity index (χ4v) is 3.57. The van der Waals surface area contributed by atoms with Crippen molar-refractivity contribution in [1.82, 2.24) is 10.0 Å². The van der Waals surface area contributed by atoms with Gasteiger partial charge in [0.1, 0.15) is 0 Å². The minimum Gasteiger partial charge on any atom is -0.343 e. The third kappa shape index (κ3) is 5.13. The second kappa shape index (κ2) is 8.43. The first kappa shape index (κ1) is 20.1. The Kier molecular flexibility index (Phi) is 6.52. The lowest BCUT2D eigenvalue weighted by Crippen LogP contribution is -2.32. The molecule has 0 bridgehead atoms. The highest BCUT2D eigenvalue weighted by Crippen LogP contribution is 2.19. The van der Waals surface area contributed by atoms with E-state index < -0.39 is 15.9 Å². The van der Waals surface area contributed by atoms with Gasteiger partial charge in [0.05, 0.1) is 11.4 Å². The quantitative estimate of drug-likeness (QED) is 0.640. The van der Waals surface area contributed by atoms with Crippen molar-refractivity contribution in [3.05, 3.63) is 58.1 Å². The average molecular weight is 440 g/mol. The van der Waals surface area contributed by atoms with Crippen LogP contribution in [0.4, 0.5) is 5.69 Å². The molecule has 0 unspecified atom stereocenters. The molecule has 9 heteroatoms. The van der Waals surface area contributed by atoms with Gasteiger partial charge in [0.25, 0.3) is 5.91 Å². The van der Waals surface area contributed by atoms with Crippen LogP contribution in [0.1, 0.15) is 15.9 Å². The van der Waals surface area contributed by atoms with Crippen molar-refractivity contribution in [3.63, 3.8) is 0 Å². The van der Waals surface area contributed by atoms with Crippen molar-refractivity contribution in [2.75, 3.05) is 18.9 Å². The van der Waals surface area contributed by atoms with Gasteiger partial charge in [-0.1, -0.05) is 28.1 Å². The summed E-state index contributed by atoms with van der Waals surface area (Å²) in [6, 6.07) is 11.3. The number of aryl methyl sites for hydroxylation is 1. The summed E-state index contributed by atoms with van der Waals surface area (Å²) in [5, 5.41) is 5.08. The maximum absolute atomic E-state index is 12.0. The van der Waals surface area contributed by atoms with Crippen molar-refractivity contribution < 1.29 is 18.0 Å². The van der Waals surface area contributed by atoms with Gasteiger partial charge in [-0.25, -0.2) is 13.1 Å². The molecule has 0 aromatic heterocycles. The summed E-state index contributed by atoms with van der Waals surface area (Å²) < 4.78 is 26.9. The summed E-state index contributed by atoms with van der Waals surface area (Å²) in [4.78, 5) is 24.1. The summed E-state index contributed by atoms with van der Waals surface area (Å²) in [6.45, 7) is 1.42. The molecule has 2 rings (SSSR count). The fraction of sp³-hybridized carbons (Fsp3) is 0.176. The van der Waals surface area contributed by atoms with E-state index >= 15 is 0 Å². The average Bonchev–Trinajstić information content (AvgIpc) is 2.61. The number of nitrogens with one attached hydrogen (secondary N) is 3. The van der Waals surface area contributed by atoms with Crippen molar-refractivity contribution in [2.24, 2.45) is 0 Å². The highest BCUT2D eigenvalue weighted by atomic mass is 79.9. The molecular formula is C17H18BrN3O4S. The number of hydrogen-bond acceptors (Lipinski definition) is 4. The molecule has 0 spiro atoms. The highest BCUT2D eigenvalue weighted by molar-refractivity contribution is 9.10. The minimum absolute atomic E-state index is 0.0796. The normalized spacial score (nSPS) is 11.0. The molecular weight excluding hydrogens is 422 g/mol. The minimum atomic E-state index is -3.63. The largest absolute Gasteiger partial charge is 0.343 e. The number of benzene rings is 2. The Labute approximate surface area is 160 Å². The summed E-state index contributed by atoms with van der Waals surface area (Å²) in [7, 11) is -2.31. The van der Waals surface area contributed by atoms with Gasteiger partial charge < -0.3 is 10.6 Å². The molecule has 0 aliphatic rings. The predicted octanol–water partition coefficient (Wildman–Crippen LogP) is 2.03. The van der Waals surface area contributed by atoms with Crippen molar-refractivity contribution in [2.45, 2.75) is 11.8 Å². The zero-order valence-corrected chi connectivity index (χ0v) is 16.6. The molecule has 0 radical (unpaired) electrons. The number of sulfonamides is 1. The van der Waals surface area contributed by atoms with Crippen LogP contribution in [0.25, 0.3) is 0 Å². The lowest BCUT2D eigenvalue weighted by Gasteiger charge is -2.11. The third-order valence-electron chi connectivity index (χ3n) is 3.53. The van der Waals surface area contributed by atoms with E-state index in [-0.39, 0.29) is 17.3 Å². The van der Waals surface area contributed by atoms with Crippen molar-refractivity contribution in [3.8, 4) is 0 Å². The van der Waals surface area contributed by atoms with Crippen LogP contribution in [0.2, 0.25) is 0 Å². The summed E-state index contributed by atoms with van der Waals surface area (Å²) >= 11 is 3.28. The molecule has 138 valence electrons. The van der Waals surface area contributed by atoms with Gasteiger partial charge in [0.2, 0.25) is 15.9 Å². The SMILES string of the molecule is CNS(=O)(=O)c1cc(NC(=O)CNC(=O)c2cccc(Br)c2)ccc1C. The Morgan fingerprint density at radius 2 is 1.85 bits per heavy atom. The standard InChI is InChI=1S/C17H18BrN3O4S/c1-11-6-7-14(9-15(11)26(24,25)19-2)21-16(22)10-20-17(23)12-4-3-5-13(18)8-12/h3-9,19H,10H2,1-2H3,(H,20,23)(H,21,22). The zero-order chi connectivity index (χ0) is 19.3. The van der Waals surface area contributed by atoms with Crippen LogP contribution in [0.5, 0.6) is 0 Å². The maximum atomic E-state index is 12.0. The number of hydrogen-bond donors (Lipinski definition) is 3. The monoisotopic (exact) mass is 439 g/mol. The smallest absolute Gasteiger partial charge is 0.251 e. The molecule has 0 fully saturated rings. The van der Waals surface area contributed by atoms with Crippen LogP contribution in [-0.4, -0.2) is 33.8 Å². The van der Waals surface area contributed by atoms with E-state index in [9.17, 15) is 18.0 Å². The van der Waals surface area contributed by atoms with Crippen molar-refractivity contribution in [1.29, 1.82) is 0 Å². The number of rotatable bonds is 6. The molecule has 26 heavy (non-hydrogen) atoms. The molecule has 0 saturated heterocycles. The Morgan fingerprint density at radius 3 is 2.50 bits per heavy atom. The molecule has 0 atom stereocenters. The molecule has 2 aromatic rings. The first-order valence-corrected chi connectivity index (χ1v) is 9.88. The highest BCUT2D eigenvalue weighted by Gasteiger charge is 2.16. The second-order valence-corrected chi connectivity index (χ2v) is 8.20. The van der Waals surface area contributed by atoms with Gasteiger partial charge in [0, 0.05) is 15.7 Å². The Morgan fingerprint density at radius 1 is 1.12 bits per heavy atom. The van der Waals surface area contributed by atoms with Crippen LogP contribution in [0, 0.1) is 6.92 Å². The fourth-order valence-electron chi connectivity index (χ4n) is 2.17. The van der Waals surface area contributed by atoms with E-state index in [1.807, 2.05) is 0 Å². The summed E-state index contributed by atoms with van der Waals surface area (Å²) in [5.41, 5.74) is 1.30. The Bertz CT molecular complexity index is 945. The molecule has 0 heterocycles. The summed E-state index contributed by atoms with van der Waals surface area (Å²) in [6.07, 6.45) is 0. The topological polar surface area (TPSA) is 104 Å². The molecule has 0 aliphatic carbocycles. The third-order valence-corrected chi connectivity index (χ3v) is 5.58. The molecule has 2 aromatic carbocycles. The van der Waals surface area contributed by atoms with E-state index in [1.54, 1.807) is 43.3 Å². The number of halogens is 1. The molecule has 3 N–H and O–H groups in total. The molecule has 2 amide bonds. The number of amides is 2. The molecule has 0 aliphatic heterocycles. The van der Waals surface area contributed by atoms with Gasteiger partial charge in [-0.15, -0.1) is 0 Å². The maximum Gasteiger partial charge on any atom is 0.251 e. The second-order valence-electron chi connectivity index (χ2n) is 5.43. The van der Waals surface area contributed by atoms with E-state index in [0.29, 0.717) is 16.8 Å².